The number of amides is 2. The molecule has 2 amide bonds. The molecule has 0 unspecified atom stereocenters. The highest BCUT2D eigenvalue weighted by Crippen LogP contribution is 2.23. The maximum atomic E-state index is 13.2. The number of aryl methyl sites for hydroxylation is 2. The molecule has 1 aromatic carbocycles. The number of benzene rings is 1. The van der Waals surface area contributed by atoms with Crippen molar-refractivity contribution >= 4 is 11.8 Å². The zero-order chi connectivity index (χ0) is 17.3. The SMILES string of the molecule is Cc1cc(F)ccc1[C@@H](C)NC(=O)c1coc2c1C(=O)NCCC2. The van der Waals surface area contributed by atoms with Gasteiger partial charge in [-0.25, -0.2) is 4.39 Å². The van der Waals surface area contributed by atoms with Gasteiger partial charge in [-0.15, -0.1) is 0 Å². The molecule has 0 fully saturated rings. The third-order valence-electron chi connectivity index (χ3n) is 4.25. The molecule has 24 heavy (non-hydrogen) atoms. The molecule has 2 heterocycles. The van der Waals surface area contributed by atoms with Gasteiger partial charge in [-0.1, -0.05) is 6.07 Å². The average Bonchev–Trinajstić information content (AvgIpc) is 2.87. The number of hydrogen-bond acceptors (Lipinski definition) is 3. The van der Waals surface area contributed by atoms with E-state index in [1.165, 1.54) is 18.4 Å². The Morgan fingerprint density at radius 1 is 1.42 bits per heavy atom. The van der Waals surface area contributed by atoms with Crippen LogP contribution in [0.5, 0.6) is 0 Å². The third-order valence-corrected chi connectivity index (χ3v) is 4.25. The van der Waals surface area contributed by atoms with Crippen molar-refractivity contribution in [2.75, 3.05) is 6.54 Å². The van der Waals surface area contributed by atoms with Gasteiger partial charge < -0.3 is 15.1 Å². The first-order valence-corrected chi connectivity index (χ1v) is 7.93. The Balaban J connectivity index is 1.83. The van der Waals surface area contributed by atoms with Gasteiger partial charge in [-0.2, -0.15) is 0 Å². The molecule has 0 aliphatic carbocycles. The fourth-order valence-corrected chi connectivity index (χ4v) is 3.01. The van der Waals surface area contributed by atoms with Gasteiger partial charge in [0.15, 0.2) is 0 Å². The van der Waals surface area contributed by atoms with Gasteiger partial charge in [-0.3, -0.25) is 9.59 Å². The summed E-state index contributed by atoms with van der Waals surface area (Å²) in [5.41, 5.74) is 2.12. The molecule has 1 aromatic heterocycles. The molecule has 2 aromatic rings. The van der Waals surface area contributed by atoms with Crippen molar-refractivity contribution in [2.24, 2.45) is 0 Å². The maximum Gasteiger partial charge on any atom is 0.255 e. The Morgan fingerprint density at radius 2 is 2.21 bits per heavy atom. The van der Waals surface area contributed by atoms with E-state index in [0.717, 1.165) is 17.5 Å². The van der Waals surface area contributed by atoms with Crippen LogP contribution in [-0.2, 0) is 6.42 Å². The monoisotopic (exact) mass is 330 g/mol. The molecule has 0 spiro atoms. The molecule has 1 atom stereocenters. The molecular weight excluding hydrogens is 311 g/mol. The average molecular weight is 330 g/mol. The van der Waals surface area contributed by atoms with Crippen molar-refractivity contribution in [3.05, 3.63) is 58.3 Å². The van der Waals surface area contributed by atoms with Crippen molar-refractivity contribution in [1.82, 2.24) is 10.6 Å². The van der Waals surface area contributed by atoms with Crippen LogP contribution in [0.3, 0.4) is 0 Å². The number of rotatable bonds is 3. The topological polar surface area (TPSA) is 71.3 Å². The number of carbonyl (C=O) groups excluding carboxylic acids is 2. The number of furan rings is 1. The summed E-state index contributed by atoms with van der Waals surface area (Å²) in [5.74, 6) is -0.437. The first kappa shape index (κ1) is 16.2. The maximum absolute atomic E-state index is 13.2. The van der Waals surface area contributed by atoms with E-state index in [9.17, 15) is 14.0 Å². The summed E-state index contributed by atoms with van der Waals surface area (Å²) in [7, 11) is 0. The summed E-state index contributed by atoms with van der Waals surface area (Å²) in [5, 5.41) is 5.61. The molecule has 1 aliphatic heterocycles. The van der Waals surface area contributed by atoms with Crippen molar-refractivity contribution in [3.8, 4) is 0 Å². The van der Waals surface area contributed by atoms with Gasteiger partial charge in [0.25, 0.3) is 11.8 Å². The summed E-state index contributed by atoms with van der Waals surface area (Å²) in [4.78, 5) is 24.7. The summed E-state index contributed by atoms with van der Waals surface area (Å²) in [6, 6.07) is 4.12. The van der Waals surface area contributed by atoms with E-state index < -0.39 is 0 Å². The summed E-state index contributed by atoms with van der Waals surface area (Å²) in [6.45, 7) is 4.17. The van der Waals surface area contributed by atoms with E-state index >= 15 is 0 Å². The van der Waals surface area contributed by atoms with Crippen LogP contribution < -0.4 is 10.6 Å². The first-order chi connectivity index (χ1) is 11.5. The van der Waals surface area contributed by atoms with Gasteiger partial charge in [0, 0.05) is 13.0 Å². The number of nitrogens with one attached hydrogen (secondary N) is 2. The molecular formula is C18H19FN2O3. The smallest absolute Gasteiger partial charge is 0.255 e. The predicted octanol–water partition coefficient (Wildman–Crippen LogP) is 2.89. The Morgan fingerprint density at radius 3 is 2.96 bits per heavy atom. The van der Waals surface area contributed by atoms with Gasteiger partial charge in [0.05, 0.1) is 17.2 Å². The van der Waals surface area contributed by atoms with Crippen LogP contribution in [0.15, 0.2) is 28.9 Å². The quantitative estimate of drug-likeness (QED) is 0.909. The normalized spacial score (nSPS) is 15.2. The third kappa shape index (κ3) is 3.04. The number of hydrogen-bond donors (Lipinski definition) is 2. The van der Waals surface area contributed by atoms with E-state index in [2.05, 4.69) is 10.6 Å². The lowest BCUT2D eigenvalue weighted by Gasteiger charge is -2.16. The van der Waals surface area contributed by atoms with E-state index in [1.807, 2.05) is 6.92 Å². The van der Waals surface area contributed by atoms with E-state index in [1.54, 1.807) is 13.0 Å². The van der Waals surface area contributed by atoms with E-state index in [4.69, 9.17) is 4.42 Å². The van der Waals surface area contributed by atoms with E-state index in [-0.39, 0.29) is 29.2 Å². The minimum Gasteiger partial charge on any atom is -0.468 e. The molecule has 6 heteroatoms. The van der Waals surface area contributed by atoms with Crippen molar-refractivity contribution in [3.63, 3.8) is 0 Å². The fourth-order valence-electron chi connectivity index (χ4n) is 3.01. The molecule has 0 saturated heterocycles. The molecule has 0 radical (unpaired) electrons. The Labute approximate surface area is 139 Å². The Hall–Kier alpha value is -2.63. The zero-order valence-electron chi connectivity index (χ0n) is 13.6. The summed E-state index contributed by atoms with van der Waals surface area (Å²) >= 11 is 0. The highest BCUT2D eigenvalue weighted by atomic mass is 19.1. The molecule has 126 valence electrons. The van der Waals surface area contributed by atoms with Crippen molar-refractivity contribution in [2.45, 2.75) is 32.7 Å². The zero-order valence-corrected chi connectivity index (χ0v) is 13.6. The summed E-state index contributed by atoms with van der Waals surface area (Å²) < 4.78 is 18.6. The van der Waals surface area contributed by atoms with Gasteiger partial charge in [0.2, 0.25) is 0 Å². The number of carbonyl (C=O) groups is 2. The van der Waals surface area contributed by atoms with Gasteiger partial charge >= 0.3 is 0 Å². The minimum atomic E-state index is -0.381. The molecule has 0 saturated carbocycles. The van der Waals surface area contributed by atoms with Crippen LogP contribution in [-0.4, -0.2) is 18.4 Å². The standard InChI is InChI=1S/C18H19FN2O3/c1-10-8-12(19)5-6-13(10)11(2)21-17(22)14-9-24-15-4-3-7-20-18(23)16(14)15/h5-6,8-9,11H,3-4,7H2,1-2H3,(H,20,23)(H,21,22)/t11-/m1/s1. The van der Waals surface area contributed by atoms with Crippen LogP contribution in [0.4, 0.5) is 4.39 Å². The molecule has 2 N–H and O–H groups in total. The van der Waals surface area contributed by atoms with Crippen LogP contribution in [0.25, 0.3) is 0 Å². The van der Waals surface area contributed by atoms with Crippen molar-refractivity contribution in [1.29, 1.82) is 0 Å². The minimum absolute atomic E-state index is 0.232. The second-order valence-electron chi connectivity index (χ2n) is 6.00. The highest BCUT2D eigenvalue weighted by molar-refractivity contribution is 6.08. The second-order valence-corrected chi connectivity index (χ2v) is 6.00. The lowest BCUT2D eigenvalue weighted by Crippen LogP contribution is -2.30. The van der Waals surface area contributed by atoms with Gasteiger partial charge in [-0.05, 0) is 43.5 Å². The molecule has 5 nitrogen and oxygen atoms in total. The largest absolute Gasteiger partial charge is 0.468 e. The molecule has 3 rings (SSSR count). The first-order valence-electron chi connectivity index (χ1n) is 7.93. The Kier molecular flexibility index (Phi) is 4.38. The summed E-state index contributed by atoms with van der Waals surface area (Å²) in [6.07, 6.45) is 2.72. The fraction of sp³-hybridized carbons (Fsp3) is 0.333. The highest BCUT2D eigenvalue weighted by Gasteiger charge is 2.27. The molecule has 0 bridgehead atoms. The predicted molar refractivity (Wildman–Crippen MR) is 86.4 cm³/mol. The van der Waals surface area contributed by atoms with Crippen molar-refractivity contribution < 1.29 is 18.4 Å². The van der Waals surface area contributed by atoms with Gasteiger partial charge in [0.1, 0.15) is 17.8 Å². The van der Waals surface area contributed by atoms with E-state index in [0.29, 0.717) is 24.3 Å². The van der Waals surface area contributed by atoms with Crippen LogP contribution in [0, 0.1) is 12.7 Å². The Bertz CT molecular complexity index is 798. The van der Waals surface area contributed by atoms with Crippen LogP contribution in [0.1, 0.15) is 57.0 Å². The van der Waals surface area contributed by atoms with Crippen LogP contribution >= 0.6 is 0 Å². The second kappa shape index (κ2) is 6.47. The number of halogens is 1. The molecule has 1 aliphatic rings. The number of fused-ring (bicyclic) bond motifs is 1. The lowest BCUT2D eigenvalue weighted by molar-refractivity contribution is 0.0913. The van der Waals surface area contributed by atoms with Crippen LogP contribution in [0.2, 0.25) is 0 Å². The lowest BCUT2D eigenvalue weighted by atomic mass is 10.0.